The van der Waals surface area contributed by atoms with Crippen molar-refractivity contribution in [2.75, 3.05) is 6.61 Å². The van der Waals surface area contributed by atoms with Crippen LogP contribution in [0.1, 0.15) is 37.9 Å². The Labute approximate surface area is 135 Å². The predicted molar refractivity (Wildman–Crippen MR) is 84.7 cm³/mol. The quantitative estimate of drug-likeness (QED) is 0.668. The highest BCUT2D eigenvalue weighted by molar-refractivity contribution is 6.35. The van der Waals surface area contributed by atoms with Gasteiger partial charge in [0, 0.05) is 22.2 Å². The molecule has 0 amide bonds. The van der Waals surface area contributed by atoms with Crippen molar-refractivity contribution in [1.82, 2.24) is 14.8 Å². The van der Waals surface area contributed by atoms with Crippen LogP contribution in [0.3, 0.4) is 0 Å². The smallest absolute Gasteiger partial charge is 0.137 e. The Morgan fingerprint density at radius 3 is 2.81 bits per heavy atom. The molecule has 1 aromatic carbocycles. The normalized spacial score (nSPS) is 12.5. The summed E-state index contributed by atoms with van der Waals surface area (Å²) in [6.45, 7) is 3.45. The third kappa shape index (κ3) is 4.99. The van der Waals surface area contributed by atoms with Gasteiger partial charge in [0.15, 0.2) is 0 Å². The molecule has 1 heterocycles. The van der Waals surface area contributed by atoms with E-state index in [0.717, 1.165) is 18.4 Å². The zero-order valence-electron chi connectivity index (χ0n) is 12.0. The maximum absolute atomic E-state index is 6.29. The van der Waals surface area contributed by atoms with E-state index in [9.17, 15) is 0 Å². The highest BCUT2D eigenvalue weighted by Crippen LogP contribution is 2.29. The monoisotopic (exact) mass is 327 g/mol. The molecular weight excluding hydrogens is 309 g/mol. The van der Waals surface area contributed by atoms with Gasteiger partial charge in [0.25, 0.3) is 0 Å². The molecule has 0 fully saturated rings. The van der Waals surface area contributed by atoms with Gasteiger partial charge >= 0.3 is 0 Å². The molecule has 6 heteroatoms. The highest BCUT2D eigenvalue weighted by atomic mass is 35.5. The number of unbranched alkanes of at least 4 members (excludes halogenated alkanes) is 2. The number of halogens is 2. The second-order valence-electron chi connectivity index (χ2n) is 4.85. The van der Waals surface area contributed by atoms with Crippen LogP contribution >= 0.6 is 23.2 Å². The Hall–Kier alpha value is -1.10. The molecule has 0 N–H and O–H groups in total. The number of hydrogen-bond acceptors (Lipinski definition) is 3. The van der Waals surface area contributed by atoms with E-state index in [4.69, 9.17) is 27.9 Å². The SMILES string of the molecule is CCCCCOC(Cn1cncn1)c1ccc(Cl)cc1Cl. The van der Waals surface area contributed by atoms with Crippen molar-refractivity contribution >= 4 is 23.2 Å². The van der Waals surface area contributed by atoms with Crippen molar-refractivity contribution in [2.45, 2.75) is 38.8 Å². The van der Waals surface area contributed by atoms with Gasteiger partial charge in [-0.25, -0.2) is 4.98 Å². The van der Waals surface area contributed by atoms with Crippen LogP contribution in [0.2, 0.25) is 10.0 Å². The van der Waals surface area contributed by atoms with E-state index in [1.165, 1.54) is 12.7 Å². The molecule has 0 aliphatic heterocycles. The van der Waals surface area contributed by atoms with Crippen LogP contribution in [-0.2, 0) is 11.3 Å². The van der Waals surface area contributed by atoms with Crippen molar-refractivity contribution in [3.8, 4) is 0 Å². The fourth-order valence-electron chi connectivity index (χ4n) is 2.08. The first kappa shape index (κ1) is 16.3. The molecule has 0 saturated heterocycles. The van der Waals surface area contributed by atoms with Gasteiger partial charge in [-0.15, -0.1) is 0 Å². The van der Waals surface area contributed by atoms with Gasteiger partial charge in [0.2, 0.25) is 0 Å². The Morgan fingerprint density at radius 1 is 1.29 bits per heavy atom. The van der Waals surface area contributed by atoms with Crippen LogP contribution in [0.15, 0.2) is 30.9 Å². The van der Waals surface area contributed by atoms with Gasteiger partial charge in [0.05, 0.1) is 6.54 Å². The highest BCUT2D eigenvalue weighted by Gasteiger charge is 2.17. The van der Waals surface area contributed by atoms with E-state index < -0.39 is 0 Å². The Bertz CT molecular complexity index is 546. The lowest BCUT2D eigenvalue weighted by molar-refractivity contribution is 0.0358. The van der Waals surface area contributed by atoms with Gasteiger partial charge in [-0.2, -0.15) is 5.10 Å². The number of rotatable bonds is 8. The zero-order valence-corrected chi connectivity index (χ0v) is 13.5. The molecule has 0 bridgehead atoms. The summed E-state index contributed by atoms with van der Waals surface area (Å²) in [5.74, 6) is 0. The molecule has 21 heavy (non-hydrogen) atoms. The topological polar surface area (TPSA) is 39.9 Å². The summed E-state index contributed by atoms with van der Waals surface area (Å²) >= 11 is 12.3. The molecule has 0 aliphatic rings. The number of hydrogen-bond donors (Lipinski definition) is 0. The summed E-state index contributed by atoms with van der Waals surface area (Å²) < 4.78 is 7.75. The lowest BCUT2D eigenvalue weighted by Crippen LogP contribution is -2.14. The molecule has 4 nitrogen and oxygen atoms in total. The molecule has 0 radical (unpaired) electrons. The predicted octanol–water partition coefficient (Wildman–Crippen LogP) is 4.53. The zero-order chi connectivity index (χ0) is 15.1. The summed E-state index contributed by atoms with van der Waals surface area (Å²) in [6.07, 6.45) is 6.39. The molecule has 1 unspecified atom stereocenters. The average Bonchev–Trinajstić information content (AvgIpc) is 2.95. The van der Waals surface area contributed by atoms with Crippen molar-refractivity contribution in [3.05, 3.63) is 46.5 Å². The standard InChI is InChI=1S/C15H19Cl2N3O/c1-2-3-4-7-21-15(9-20-11-18-10-19-20)13-6-5-12(16)8-14(13)17/h5-6,8,10-11,15H,2-4,7,9H2,1H3. The first-order valence-corrected chi connectivity index (χ1v) is 7.85. The maximum atomic E-state index is 6.29. The first-order valence-electron chi connectivity index (χ1n) is 7.09. The van der Waals surface area contributed by atoms with Gasteiger partial charge in [-0.1, -0.05) is 49.0 Å². The van der Waals surface area contributed by atoms with Crippen LogP contribution in [-0.4, -0.2) is 21.4 Å². The number of aromatic nitrogens is 3. The van der Waals surface area contributed by atoms with E-state index in [-0.39, 0.29) is 6.10 Å². The van der Waals surface area contributed by atoms with Gasteiger partial charge < -0.3 is 4.74 Å². The summed E-state index contributed by atoms with van der Waals surface area (Å²) in [6, 6.07) is 5.47. The minimum atomic E-state index is -0.159. The van der Waals surface area contributed by atoms with E-state index in [0.29, 0.717) is 23.2 Å². The van der Waals surface area contributed by atoms with Crippen molar-refractivity contribution in [3.63, 3.8) is 0 Å². The van der Waals surface area contributed by atoms with E-state index in [1.807, 2.05) is 12.1 Å². The van der Waals surface area contributed by atoms with Crippen LogP contribution in [0.5, 0.6) is 0 Å². The number of ether oxygens (including phenoxy) is 1. The summed E-state index contributed by atoms with van der Waals surface area (Å²) in [5.41, 5.74) is 0.924. The fraction of sp³-hybridized carbons (Fsp3) is 0.467. The van der Waals surface area contributed by atoms with Gasteiger partial charge in [-0.3, -0.25) is 4.68 Å². The Kier molecular flexibility index (Phi) is 6.49. The van der Waals surface area contributed by atoms with Crippen molar-refractivity contribution < 1.29 is 4.74 Å². The average molecular weight is 328 g/mol. The number of benzene rings is 1. The molecule has 0 aliphatic carbocycles. The molecule has 0 spiro atoms. The Balaban J connectivity index is 2.10. The van der Waals surface area contributed by atoms with Crippen LogP contribution in [0.25, 0.3) is 0 Å². The molecule has 1 atom stereocenters. The molecule has 114 valence electrons. The first-order chi connectivity index (χ1) is 10.2. The van der Waals surface area contributed by atoms with Crippen molar-refractivity contribution in [1.29, 1.82) is 0 Å². The third-order valence-corrected chi connectivity index (χ3v) is 3.76. The number of nitrogens with zero attached hydrogens (tertiary/aromatic N) is 3. The van der Waals surface area contributed by atoms with E-state index in [2.05, 4.69) is 17.0 Å². The minimum absolute atomic E-state index is 0.159. The Morgan fingerprint density at radius 2 is 2.14 bits per heavy atom. The maximum Gasteiger partial charge on any atom is 0.137 e. The minimum Gasteiger partial charge on any atom is -0.372 e. The fourth-order valence-corrected chi connectivity index (χ4v) is 2.61. The van der Waals surface area contributed by atoms with E-state index >= 15 is 0 Å². The lowest BCUT2D eigenvalue weighted by Gasteiger charge is -2.19. The van der Waals surface area contributed by atoms with Gasteiger partial charge in [-0.05, 0) is 18.6 Å². The lowest BCUT2D eigenvalue weighted by atomic mass is 10.1. The summed E-state index contributed by atoms with van der Waals surface area (Å²) in [7, 11) is 0. The molecule has 0 saturated carbocycles. The largest absolute Gasteiger partial charge is 0.372 e. The molecule has 1 aromatic heterocycles. The van der Waals surface area contributed by atoms with Gasteiger partial charge in [0.1, 0.15) is 18.8 Å². The second kappa shape index (κ2) is 8.37. The second-order valence-corrected chi connectivity index (χ2v) is 5.69. The molecule has 2 rings (SSSR count). The molecular formula is C15H19Cl2N3O. The van der Waals surface area contributed by atoms with Crippen LogP contribution in [0, 0.1) is 0 Å². The summed E-state index contributed by atoms with van der Waals surface area (Å²) in [5, 5.41) is 5.36. The summed E-state index contributed by atoms with van der Waals surface area (Å²) in [4.78, 5) is 3.96. The van der Waals surface area contributed by atoms with E-state index in [1.54, 1.807) is 17.1 Å². The third-order valence-electron chi connectivity index (χ3n) is 3.20. The van der Waals surface area contributed by atoms with Crippen LogP contribution < -0.4 is 0 Å². The van der Waals surface area contributed by atoms with Crippen molar-refractivity contribution in [2.24, 2.45) is 0 Å². The van der Waals surface area contributed by atoms with Crippen LogP contribution in [0.4, 0.5) is 0 Å². The molecule has 2 aromatic rings.